The highest BCUT2D eigenvalue weighted by Crippen LogP contribution is 2.25. The lowest BCUT2D eigenvalue weighted by Gasteiger charge is -2.34. The standard InChI is InChI=1S/C19H29N3O5S2/c1-28(24,25)21-17-11-9-16(10-12-17)20-19(23)15-6-5-13-22(14-15)29(26,27)18-7-3-2-4-8-18/h2-4,7-8,15-17,21H,5-6,9-14H2,1H3,(H,20,23). The van der Waals surface area contributed by atoms with Gasteiger partial charge in [0.1, 0.15) is 0 Å². The predicted octanol–water partition coefficient (Wildman–Crippen LogP) is 1.06. The minimum Gasteiger partial charge on any atom is -0.353 e. The average molecular weight is 444 g/mol. The maximum absolute atomic E-state index is 12.8. The Bertz CT molecular complexity index is 910. The van der Waals surface area contributed by atoms with Crippen LogP contribution in [-0.4, -0.2) is 58.5 Å². The molecule has 1 aliphatic carbocycles. The fourth-order valence-electron chi connectivity index (χ4n) is 4.09. The van der Waals surface area contributed by atoms with Crippen LogP contribution in [0.15, 0.2) is 35.2 Å². The van der Waals surface area contributed by atoms with Crippen molar-refractivity contribution >= 4 is 26.0 Å². The number of hydrogen-bond donors (Lipinski definition) is 2. The van der Waals surface area contributed by atoms with E-state index in [1.807, 2.05) is 0 Å². The molecule has 2 aliphatic rings. The van der Waals surface area contributed by atoms with Gasteiger partial charge < -0.3 is 5.32 Å². The number of hydrogen-bond acceptors (Lipinski definition) is 5. The zero-order valence-corrected chi connectivity index (χ0v) is 18.2. The van der Waals surface area contributed by atoms with Gasteiger partial charge in [0.15, 0.2) is 0 Å². The SMILES string of the molecule is CS(=O)(=O)NC1CCC(NC(=O)C2CCCN(S(=O)(=O)c3ccccc3)C2)CC1. The maximum Gasteiger partial charge on any atom is 0.243 e. The number of carbonyl (C=O) groups is 1. The summed E-state index contributed by atoms with van der Waals surface area (Å²) < 4.78 is 52.4. The molecule has 1 aromatic rings. The van der Waals surface area contributed by atoms with Gasteiger partial charge in [-0.3, -0.25) is 4.79 Å². The highest BCUT2D eigenvalue weighted by molar-refractivity contribution is 7.89. The largest absolute Gasteiger partial charge is 0.353 e. The molecule has 1 heterocycles. The van der Waals surface area contributed by atoms with E-state index in [1.54, 1.807) is 30.3 Å². The summed E-state index contributed by atoms with van der Waals surface area (Å²) in [5.74, 6) is -0.480. The summed E-state index contributed by atoms with van der Waals surface area (Å²) in [4.78, 5) is 13.0. The van der Waals surface area contributed by atoms with Gasteiger partial charge in [0.2, 0.25) is 26.0 Å². The van der Waals surface area contributed by atoms with Gasteiger partial charge in [0.05, 0.1) is 17.1 Å². The monoisotopic (exact) mass is 443 g/mol. The van der Waals surface area contributed by atoms with E-state index in [1.165, 1.54) is 4.31 Å². The van der Waals surface area contributed by atoms with E-state index < -0.39 is 20.0 Å². The van der Waals surface area contributed by atoms with Crippen LogP contribution in [0, 0.1) is 5.92 Å². The topological polar surface area (TPSA) is 113 Å². The van der Waals surface area contributed by atoms with Crippen LogP contribution in [0.2, 0.25) is 0 Å². The van der Waals surface area contributed by atoms with Crippen molar-refractivity contribution in [2.75, 3.05) is 19.3 Å². The number of sulfonamides is 2. The van der Waals surface area contributed by atoms with Crippen molar-refractivity contribution in [2.45, 2.75) is 55.5 Å². The third-order valence-electron chi connectivity index (χ3n) is 5.59. The van der Waals surface area contributed by atoms with Gasteiger partial charge in [-0.1, -0.05) is 18.2 Å². The number of rotatable bonds is 6. The normalized spacial score (nSPS) is 26.7. The van der Waals surface area contributed by atoms with E-state index in [2.05, 4.69) is 10.0 Å². The Kier molecular flexibility index (Phi) is 6.98. The Morgan fingerprint density at radius 3 is 2.21 bits per heavy atom. The molecule has 1 aliphatic heterocycles. The molecule has 0 spiro atoms. The molecule has 1 saturated carbocycles. The first-order valence-electron chi connectivity index (χ1n) is 9.98. The van der Waals surface area contributed by atoms with Gasteiger partial charge in [-0.2, -0.15) is 4.31 Å². The Morgan fingerprint density at radius 2 is 1.59 bits per heavy atom. The molecule has 1 unspecified atom stereocenters. The van der Waals surface area contributed by atoms with Crippen molar-refractivity contribution in [3.05, 3.63) is 30.3 Å². The quantitative estimate of drug-likeness (QED) is 0.683. The minimum atomic E-state index is -3.60. The summed E-state index contributed by atoms with van der Waals surface area (Å²) in [6.07, 6.45) is 5.23. The molecule has 1 atom stereocenters. The van der Waals surface area contributed by atoms with Crippen molar-refractivity contribution in [2.24, 2.45) is 5.92 Å². The lowest BCUT2D eigenvalue weighted by Crippen LogP contribution is -2.49. The van der Waals surface area contributed by atoms with E-state index in [4.69, 9.17) is 0 Å². The summed E-state index contributed by atoms with van der Waals surface area (Å²) in [5, 5.41) is 3.05. The van der Waals surface area contributed by atoms with Crippen LogP contribution >= 0.6 is 0 Å². The molecule has 10 heteroatoms. The first-order valence-corrected chi connectivity index (χ1v) is 13.3. The molecule has 1 amide bonds. The first kappa shape index (κ1) is 22.2. The van der Waals surface area contributed by atoms with Crippen LogP contribution in [0.3, 0.4) is 0 Å². The van der Waals surface area contributed by atoms with Gasteiger partial charge in [0, 0.05) is 25.2 Å². The maximum atomic E-state index is 12.8. The number of benzene rings is 1. The molecule has 2 fully saturated rings. The van der Waals surface area contributed by atoms with Crippen LogP contribution in [-0.2, 0) is 24.8 Å². The Hall–Kier alpha value is -1.49. The molecular weight excluding hydrogens is 414 g/mol. The highest BCUT2D eigenvalue weighted by Gasteiger charge is 2.34. The van der Waals surface area contributed by atoms with Crippen LogP contribution < -0.4 is 10.0 Å². The Balaban J connectivity index is 1.54. The van der Waals surface area contributed by atoms with Crippen LogP contribution in [0.4, 0.5) is 0 Å². The molecule has 1 saturated heterocycles. The summed E-state index contributed by atoms with van der Waals surface area (Å²) in [5.41, 5.74) is 0. The molecule has 29 heavy (non-hydrogen) atoms. The summed E-state index contributed by atoms with van der Waals surface area (Å²) >= 11 is 0. The molecule has 8 nitrogen and oxygen atoms in total. The van der Waals surface area contributed by atoms with E-state index >= 15 is 0 Å². The van der Waals surface area contributed by atoms with Gasteiger partial charge in [-0.05, 0) is 50.7 Å². The van der Waals surface area contributed by atoms with Crippen molar-refractivity contribution < 1.29 is 21.6 Å². The van der Waals surface area contributed by atoms with Crippen molar-refractivity contribution in [3.8, 4) is 0 Å². The van der Waals surface area contributed by atoms with Crippen LogP contribution in [0.1, 0.15) is 38.5 Å². The molecule has 1 aromatic carbocycles. The fourth-order valence-corrected chi connectivity index (χ4v) is 6.48. The molecule has 0 aromatic heterocycles. The smallest absolute Gasteiger partial charge is 0.243 e. The number of carbonyl (C=O) groups excluding carboxylic acids is 1. The molecule has 162 valence electrons. The number of nitrogens with zero attached hydrogens (tertiary/aromatic N) is 1. The van der Waals surface area contributed by atoms with Crippen molar-refractivity contribution in [1.82, 2.24) is 14.3 Å². The average Bonchev–Trinajstić information content (AvgIpc) is 2.69. The minimum absolute atomic E-state index is 0.00113. The van der Waals surface area contributed by atoms with E-state index in [-0.39, 0.29) is 35.3 Å². The summed E-state index contributed by atoms with van der Waals surface area (Å²) in [6.45, 7) is 0.608. The third kappa shape index (κ3) is 6.00. The van der Waals surface area contributed by atoms with Gasteiger partial charge in [-0.25, -0.2) is 21.6 Å². The van der Waals surface area contributed by atoms with Crippen molar-refractivity contribution in [1.29, 1.82) is 0 Å². The lowest BCUT2D eigenvalue weighted by atomic mass is 9.90. The fraction of sp³-hybridized carbons (Fsp3) is 0.632. The zero-order valence-electron chi connectivity index (χ0n) is 16.6. The Labute approximate surface area is 173 Å². The lowest BCUT2D eigenvalue weighted by molar-refractivity contribution is -0.127. The molecule has 2 N–H and O–H groups in total. The first-order chi connectivity index (χ1) is 13.6. The van der Waals surface area contributed by atoms with E-state index in [0.29, 0.717) is 45.1 Å². The molecular formula is C19H29N3O5S2. The number of piperidine rings is 1. The number of nitrogens with one attached hydrogen (secondary N) is 2. The second-order valence-corrected chi connectivity index (χ2v) is 11.7. The van der Waals surface area contributed by atoms with Crippen LogP contribution in [0.5, 0.6) is 0 Å². The van der Waals surface area contributed by atoms with E-state index in [0.717, 1.165) is 6.26 Å². The molecule has 0 radical (unpaired) electrons. The summed E-state index contributed by atoms with van der Waals surface area (Å²) in [7, 11) is -6.82. The zero-order chi connectivity index (χ0) is 21.1. The highest BCUT2D eigenvalue weighted by atomic mass is 32.2. The van der Waals surface area contributed by atoms with Gasteiger partial charge in [-0.15, -0.1) is 0 Å². The predicted molar refractivity (Wildman–Crippen MR) is 110 cm³/mol. The molecule has 0 bridgehead atoms. The van der Waals surface area contributed by atoms with Crippen molar-refractivity contribution in [3.63, 3.8) is 0 Å². The van der Waals surface area contributed by atoms with Crippen LogP contribution in [0.25, 0.3) is 0 Å². The van der Waals surface area contributed by atoms with Gasteiger partial charge in [0.25, 0.3) is 0 Å². The third-order valence-corrected chi connectivity index (χ3v) is 8.23. The molecule has 3 rings (SSSR count). The second kappa shape index (κ2) is 9.11. The second-order valence-electron chi connectivity index (χ2n) is 7.96. The van der Waals surface area contributed by atoms with E-state index in [9.17, 15) is 21.6 Å². The Morgan fingerprint density at radius 1 is 0.966 bits per heavy atom. The summed E-state index contributed by atoms with van der Waals surface area (Å²) in [6, 6.07) is 8.21. The van der Waals surface area contributed by atoms with Gasteiger partial charge >= 0.3 is 0 Å². The number of amides is 1.